The molecule has 1 aliphatic heterocycles. The lowest BCUT2D eigenvalue weighted by Gasteiger charge is -2.37. The van der Waals surface area contributed by atoms with Crippen molar-refractivity contribution in [1.29, 1.82) is 0 Å². The number of hydrogen-bond donors (Lipinski definition) is 1. The van der Waals surface area contributed by atoms with Gasteiger partial charge < -0.3 is 10.0 Å². The maximum absolute atomic E-state index is 11.0. The van der Waals surface area contributed by atoms with Crippen LogP contribution in [0, 0.1) is 13.7 Å². The number of nitro groups is 1. The van der Waals surface area contributed by atoms with Gasteiger partial charge in [-0.05, 0) is 47.9 Å². The molecule has 1 fully saturated rings. The highest BCUT2D eigenvalue weighted by Gasteiger charge is 2.26. The van der Waals surface area contributed by atoms with Crippen LogP contribution in [0.15, 0.2) is 18.2 Å². The zero-order chi connectivity index (χ0) is 14.7. The van der Waals surface area contributed by atoms with Crippen LogP contribution in [-0.4, -0.2) is 28.6 Å². The summed E-state index contributed by atoms with van der Waals surface area (Å²) in [5.74, 6) is -0.807. The summed E-state index contributed by atoms with van der Waals surface area (Å²) in [5, 5.41) is 19.8. The number of hydrogen-bond acceptors (Lipinski definition) is 4. The van der Waals surface area contributed by atoms with Crippen LogP contribution in [0.3, 0.4) is 0 Å². The van der Waals surface area contributed by atoms with Gasteiger partial charge in [0.25, 0.3) is 5.69 Å². The van der Waals surface area contributed by atoms with E-state index in [1.165, 1.54) is 12.1 Å². The van der Waals surface area contributed by atoms with Crippen molar-refractivity contribution in [2.75, 3.05) is 11.4 Å². The molecule has 0 spiro atoms. The summed E-state index contributed by atoms with van der Waals surface area (Å²) < 4.78 is 0.786. The average Bonchev–Trinajstić information content (AvgIpc) is 2.39. The molecular weight excluding hydrogens is 375 g/mol. The quantitative estimate of drug-likeness (QED) is 0.486. The number of carboxylic acids is 1. The van der Waals surface area contributed by atoms with Crippen LogP contribution in [-0.2, 0) is 4.79 Å². The van der Waals surface area contributed by atoms with E-state index < -0.39 is 10.9 Å². The number of non-ortho nitro benzene ring substituents is 1. The number of carbonyl (C=O) groups is 1. The van der Waals surface area contributed by atoms with Crippen molar-refractivity contribution < 1.29 is 14.8 Å². The summed E-state index contributed by atoms with van der Waals surface area (Å²) in [6, 6.07) is 4.70. The number of benzene rings is 1. The second-order valence-corrected chi connectivity index (χ2v) is 6.00. The van der Waals surface area contributed by atoms with Crippen LogP contribution in [0.4, 0.5) is 11.4 Å². The fraction of sp³-hybridized carbons (Fsp3) is 0.462. The molecule has 20 heavy (non-hydrogen) atoms. The molecule has 2 rings (SSSR count). The van der Waals surface area contributed by atoms with E-state index in [9.17, 15) is 14.9 Å². The predicted octanol–water partition coefficient (Wildman–Crippen LogP) is 3.03. The number of piperidine rings is 1. The Hall–Kier alpha value is -1.38. The number of halogens is 1. The first-order valence-electron chi connectivity index (χ1n) is 6.41. The van der Waals surface area contributed by atoms with E-state index in [0.717, 1.165) is 35.1 Å². The normalized spacial score (nSPS) is 18.9. The third kappa shape index (κ3) is 3.38. The van der Waals surface area contributed by atoms with Crippen molar-refractivity contribution in [3.63, 3.8) is 0 Å². The van der Waals surface area contributed by atoms with E-state index in [1.807, 2.05) is 0 Å². The Morgan fingerprint density at radius 2 is 2.25 bits per heavy atom. The summed E-state index contributed by atoms with van der Waals surface area (Å²) in [6.45, 7) is 0.797. The Kier molecular flexibility index (Phi) is 4.79. The van der Waals surface area contributed by atoms with E-state index >= 15 is 0 Å². The summed E-state index contributed by atoms with van der Waals surface area (Å²) in [5.41, 5.74) is 0.951. The topological polar surface area (TPSA) is 83.7 Å². The van der Waals surface area contributed by atoms with Gasteiger partial charge in [0.1, 0.15) is 0 Å². The second kappa shape index (κ2) is 6.38. The fourth-order valence-corrected chi connectivity index (χ4v) is 3.38. The van der Waals surface area contributed by atoms with Crippen LogP contribution in [0.5, 0.6) is 0 Å². The first kappa shape index (κ1) is 15.0. The van der Waals surface area contributed by atoms with E-state index in [1.54, 1.807) is 6.07 Å². The summed E-state index contributed by atoms with van der Waals surface area (Å²) in [6.07, 6.45) is 2.99. The number of carboxylic acid groups (broad SMARTS) is 1. The van der Waals surface area contributed by atoms with Gasteiger partial charge in [0.2, 0.25) is 0 Å². The van der Waals surface area contributed by atoms with Crippen molar-refractivity contribution in [3.8, 4) is 0 Å². The van der Waals surface area contributed by atoms with Gasteiger partial charge in [0.15, 0.2) is 0 Å². The molecule has 1 unspecified atom stereocenters. The highest BCUT2D eigenvalue weighted by atomic mass is 127. The average molecular weight is 390 g/mol. The number of anilines is 1. The molecule has 108 valence electrons. The molecule has 7 heteroatoms. The fourth-order valence-electron chi connectivity index (χ4n) is 2.57. The second-order valence-electron chi connectivity index (χ2n) is 4.83. The SMILES string of the molecule is O=C(O)CC1CCCCN1c1ccc([N+](=O)[O-])cc1I. The largest absolute Gasteiger partial charge is 0.481 e. The maximum atomic E-state index is 11.0. The molecule has 1 aromatic rings. The molecule has 0 bridgehead atoms. The Morgan fingerprint density at radius 1 is 1.50 bits per heavy atom. The molecule has 0 radical (unpaired) electrons. The monoisotopic (exact) mass is 390 g/mol. The summed E-state index contributed by atoms with van der Waals surface area (Å²) in [7, 11) is 0. The van der Waals surface area contributed by atoms with Gasteiger partial charge in [-0.1, -0.05) is 0 Å². The molecule has 0 aliphatic carbocycles. The van der Waals surface area contributed by atoms with Crippen LogP contribution in [0.1, 0.15) is 25.7 Å². The number of aliphatic carboxylic acids is 1. The molecule has 0 saturated carbocycles. The van der Waals surface area contributed by atoms with Crippen molar-refractivity contribution in [2.45, 2.75) is 31.7 Å². The van der Waals surface area contributed by atoms with E-state index in [-0.39, 0.29) is 18.2 Å². The predicted molar refractivity (Wildman–Crippen MR) is 83.1 cm³/mol. The molecule has 1 saturated heterocycles. The van der Waals surface area contributed by atoms with E-state index in [2.05, 4.69) is 27.5 Å². The van der Waals surface area contributed by atoms with Crippen LogP contribution in [0.2, 0.25) is 0 Å². The van der Waals surface area contributed by atoms with Crippen molar-refractivity contribution in [1.82, 2.24) is 0 Å². The lowest BCUT2D eigenvalue weighted by molar-refractivity contribution is -0.384. The minimum absolute atomic E-state index is 0.0313. The molecule has 1 aliphatic rings. The van der Waals surface area contributed by atoms with Crippen LogP contribution in [0.25, 0.3) is 0 Å². The smallest absolute Gasteiger partial charge is 0.305 e. The van der Waals surface area contributed by atoms with Gasteiger partial charge in [-0.3, -0.25) is 14.9 Å². The van der Waals surface area contributed by atoms with E-state index in [4.69, 9.17) is 5.11 Å². The minimum Gasteiger partial charge on any atom is -0.481 e. The third-order valence-corrected chi connectivity index (χ3v) is 4.35. The Morgan fingerprint density at radius 3 is 2.85 bits per heavy atom. The lowest BCUT2D eigenvalue weighted by atomic mass is 9.98. The van der Waals surface area contributed by atoms with Crippen molar-refractivity contribution in [2.24, 2.45) is 0 Å². The summed E-state index contributed by atoms with van der Waals surface area (Å²) in [4.78, 5) is 23.4. The molecule has 0 amide bonds. The zero-order valence-corrected chi connectivity index (χ0v) is 12.9. The van der Waals surface area contributed by atoms with Crippen molar-refractivity contribution in [3.05, 3.63) is 31.9 Å². The first-order chi connectivity index (χ1) is 9.49. The highest BCUT2D eigenvalue weighted by molar-refractivity contribution is 14.1. The first-order valence-corrected chi connectivity index (χ1v) is 7.49. The van der Waals surface area contributed by atoms with Gasteiger partial charge >= 0.3 is 5.97 Å². The molecule has 1 aromatic carbocycles. The van der Waals surface area contributed by atoms with Crippen LogP contribution < -0.4 is 4.90 Å². The molecule has 1 heterocycles. The van der Waals surface area contributed by atoms with E-state index in [0.29, 0.717) is 0 Å². The highest BCUT2D eigenvalue weighted by Crippen LogP contribution is 2.32. The molecular formula is C13H15IN2O4. The Balaban J connectivity index is 2.27. The molecule has 1 N–H and O–H groups in total. The lowest BCUT2D eigenvalue weighted by Crippen LogP contribution is -2.41. The minimum atomic E-state index is -0.807. The molecule has 0 aromatic heterocycles. The van der Waals surface area contributed by atoms with Gasteiger partial charge in [0.05, 0.1) is 17.0 Å². The summed E-state index contributed by atoms with van der Waals surface area (Å²) >= 11 is 2.07. The van der Waals surface area contributed by atoms with Gasteiger partial charge in [0, 0.05) is 28.3 Å². The standard InChI is InChI=1S/C13H15IN2O4/c14-11-7-10(16(19)20)4-5-12(11)15-6-2-1-3-9(15)8-13(17)18/h4-5,7,9H,1-3,6,8H2,(H,17,18). The molecule has 6 nitrogen and oxygen atoms in total. The molecule has 1 atom stereocenters. The number of nitro benzene ring substituents is 1. The van der Waals surface area contributed by atoms with Crippen LogP contribution >= 0.6 is 22.6 Å². The number of rotatable bonds is 4. The van der Waals surface area contributed by atoms with Crippen molar-refractivity contribution >= 4 is 39.9 Å². The van der Waals surface area contributed by atoms with Gasteiger partial charge in [-0.25, -0.2) is 0 Å². The van der Waals surface area contributed by atoms with Gasteiger partial charge in [-0.15, -0.1) is 0 Å². The number of nitrogens with zero attached hydrogens (tertiary/aromatic N) is 2. The Labute approximate surface area is 130 Å². The zero-order valence-electron chi connectivity index (χ0n) is 10.8. The van der Waals surface area contributed by atoms with Gasteiger partial charge in [-0.2, -0.15) is 0 Å². The Bertz CT molecular complexity index is 535. The maximum Gasteiger partial charge on any atom is 0.305 e. The third-order valence-electron chi connectivity index (χ3n) is 3.49.